The van der Waals surface area contributed by atoms with E-state index < -0.39 is 11.7 Å². The monoisotopic (exact) mass is 241 g/mol. The smallest absolute Gasteiger partial charge is 0.350 e. The Bertz CT molecular complexity index is 569. The second kappa shape index (κ2) is 3.91. The van der Waals surface area contributed by atoms with E-state index in [4.69, 9.17) is 0 Å². The number of aldehydes is 1. The molecule has 17 heavy (non-hydrogen) atoms. The van der Waals surface area contributed by atoms with Crippen LogP contribution in [0.15, 0.2) is 24.4 Å². The molecule has 2 aromatic rings. The van der Waals surface area contributed by atoms with E-state index >= 15 is 0 Å². The van der Waals surface area contributed by atoms with Crippen molar-refractivity contribution in [1.29, 1.82) is 0 Å². The molecule has 0 aliphatic carbocycles. The Morgan fingerprint density at radius 2 is 2.06 bits per heavy atom. The molecule has 2 rings (SSSR count). The molecule has 0 radical (unpaired) electrons. The highest BCUT2D eigenvalue weighted by Gasteiger charge is 2.30. The zero-order valence-electron chi connectivity index (χ0n) is 9.08. The fraction of sp³-hybridized carbons (Fsp3) is 0.250. The van der Waals surface area contributed by atoms with Gasteiger partial charge in [-0.1, -0.05) is 0 Å². The molecule has 2 nitrogen and oxygen atoms in total. The topological polar surface area (TPSA) is 22.0 Å². The van der Waals surface area contributed by atoms with Crippen LogP contribution in [-0.4, -0.2) is 10.9 Å². The lowest BCUT2D eigenvalue weighted by Gasteiger charge is -2.07. The van der Waals surface area contributed by atoms with Crippen molar-refractivity contribution >= 4 is 17.2 Å². The Hall–Kier alpha value is -1.78. The van der Waals surface area contributed by atoms with Crippen molar-refractivity contribution in [1.82, 2.24) is 4.57 Å². The number of aromatic nitrogens is 1. The first kappa shape index (κ1) is 11.7. The third kappa shape index (κ3) is 2.05. The van der Waals surface area contributed by atoms with E-state index in [9.17, 15) is 18.0 Å². The van der Waals surface area contributed by atoms with Gasteiger partial charge in [-0.2, -0.15) is 13.2 Å². The molecule has 0 bridgehead atoms. The molecule has 5 heteroatoms. The van der Waals surface area contributed by atoms with Gasteiger partial charge >= 0.3 is 6.18 Å². The van der Waals surface area contributed by atoms with E-state index in [0.29, 0.717) is 22.8 Å². The number of carbonyl (C=O) groups is 1. The largest absolute Gasteiger partial charge is 0.416 e. The molecular formula is C12H10F3NO. The molecule has 0 N–H and O–H groups in total. The molecule has 0 fully saturated rings. The summed E-state index contributed by atoms with van der Waals surface area (Å²) < 4.78 is 39.4. The molecule has 0 aliphatic rings. The van der Waals surface area contributed by atoms with E-state index in [1.807, 2.05) is 0 Å². The number of halogens is 3. The van der Waals surface area contributed by atoms with Gasteiger partial charge in [-0.05, 0) is 23.8 Å². The average Bonchev–Trinajstić information content (AvgIpc) is 2.55. The van der Waals surface area contributed by atoms with Crippen molar-refractivity contribution in [3.8, 4) is 0 Å². The number of rotatable bonds is 2. The molecule has 90 valence electrons. The van der Waals surface area contributed by atoms with Gasteiger partial charge in [0.05, 0.1) is 5.56 Å². The first-order chi connectivity index (χ1) is 7.93. The van der Waals surface area contributed by atoms with Gasteiger partial charge < -0.3 is 9.36 Å². The maximum atomic E-state index is 12.6. The molecule has 0 unspecified atom stereocenters. The first-order valence-corrected chi connectivity index (χ1v) is 5.02. The third-order valence-corrected chi connectivity index (χ3v) is 2.70. The number of hydrogen-bond donors (Lipinski definition) is 0. The van der Waals surface area contributed by atoms with Crippen molar-refractivity contribution in [2.75, 3.05) is 0 Å². The van der Waals surface area contributed by atoms with E-state index in [1.54, 1.807) is 17.8 Å². The molecule has 0 saturated carbocycles. The van der Waals surface area contributed by atoms with Crippen LogP contribution in [0.4, 0.5) is 13.2 Å². The number of nitrogens with zero attached hydrogens (tertiary/aromatic N) is 1. The summed E-state index contributed by atoms with van der Waals surface area (Å²) in [4.78, 5) is 10.5. The first-order valence-electron chi connectivity index (χ1n) is 5.02. The predicted octanol–water partition coefficient (Wildman–Crippen LogP) is 2.94. The Balaban J connectivity index is 2.66. The lowest BCUT2D eigenvalue weighted by molar-refractivity contribution is -0.137. The van der Waals surface area contributed by atoms with Crippen LogP contribution in [-0.2, 0) is 24.4 Å². The molecular weight excluding hydrogens is 231 g/mol. The van der Waals surface area contributed by atoms with Crippen LogP contribution in [0.1, 0.15) is 11.1 Å². The number of aryl methyl sites for hydroxylation is 1. The van der Waals surface area contributed by atoms with Crippen LogP contribution in [0.25, 0.3) is 10.9 Å². The minimum absolute atomic E-state index is 0.124. The van der Waals surface area contributed by atoms with Crippen molar-refractivity contribution in [3.05, 3.63) is 35.5 Å². The molecule has 0 atom stereocenters. The highest BCUT2D eigenvalue weighted by Crippen LogP contribution is 2.32. The highest BCUT2D eigenvalue weighted by molar-refractivity contribution is 5.86. The molecule has 1 aromatic carbocycles. The lowest BCUT2D eigenvalue weighted by Crippen LogP contribution is -2.04. The summed E-state index contributed by atoms with van der Waals surface area (Å²) in [7, 11) is 1.74. The van der Waals surface area contributed by atoms with Gasteiger partial charge in [0.1, 0.15) is 6.29 Å². The van der Waals surface area contributed by atoms with Crippen LogP contribution in [0.2, 0.25) is 0 Å². The zero-order chi connectivity index (χ0) is 12.6. The zero-order valence-corrected chi connectivity index (χ0v) is 9.08. The number of hydrogen-bond acceptors (Lipinski definition) is 1. The van der Waals surface area contributed by atoms with Gasteiger partial charge in [0.15, 0.2) is 0 Å². The van der Waals surface area contributed by atoms with Gasteiger partial charge in [0.25, 0.3) is 0 Å². The maximum absolute atomic E-state index is 12.6. The second-order valence-electron chi connectivity index (χ2n) is 3.87. The summed E-state index contributed by atoms with van der Waals surface area (Å²) in [6, 6.07) is 3.56. The molecule has 0 saturated heterocycles. The Labute approximate surface area is 95.7 Å². The third-order valence-electron chi connectivity index (χ3n) is 2.70. The molecule has 1 heterocycles. The van der Waals surface area contributed by atoms with Crippen LogP contribution in [0.5, 0.6) is 0 Å². The van der Waals surface area contributed by atoms with E-state index in [1.165, 1.54) is 6.07 Å². The predicted molar refractivity (Wildman–Crippen MR) is 57.7 cm³/mol. The second-order valence-corrected chi connectivity index (χ2v) is 3.87. The summed E-state index contributed by atoms with van der Waals surface area (Å²) in [6.07, 6.45) is -1.87. The number of carbonyl (C=O) groups excluding carboxylic acids is 1. The van der Waals surface area contributed by atoms with E-state index in [2.05, 4.69) is 0 Å². The summed E-state index contributed by atoms with van der Waals surface area (Å²) in [5, 5.41) is 0.481. The Kier molecular flexibility index (Phi) is 2.69. The van der Waals surface area contributed by atoms with Crippen LogP contribution >= 0.6 is 0 Å². The van der Waals surface area contributed by atoms with Gasteiger partial charge in [0.2, 0.25) is 0 Å². The number of benzene rings is 1. The van der Waals surface area contributed by atoms with E-state index in [-0.39, 0.29) is 6.42 Å². The molecule has 0 aliphatic heterocycles. The van der Waals surface area contributed by atoms with E-state index in [0.717, 1.165) is 12.1 Å². The highest BCUT2D eigenvalue weighted by atomic mass is 19.4. The number of fused-ring (bicyclic) bond motifs is 1. The van der Waals surface area contributed by atoms with Gasteiger partial charge in [-0.25, -0.2) is 0 Å². The van der Waals surface area contributed by atoms with Gasteiger partial charge in [-0.3, -0.25) is 0 Å². The van der Waals surface area contributed by atoms with Gasteiger partial charge in [0, 0.05) is 30.6 Å². The van der Waals surface area contributed by atoms with Crippen LogP contribution in [0, 0.1) is 0 Å². The van der Waals surface area contributed by atoms with Crippen molar-refractivity contribution in [2.45, 2.75) is 12.6 Å². The van der Waals surface area contributed by atoms with Crippen molar-refractivity contribution < 1.29 is 18.0 Å². The van der Waals surface area contributed by atoms with Crippen LogP contribution in [0.3, 0.4) is 0 Å². The normalized spacial score (nSPS) is 12.0. The quantitative estimate of drug-likeness (QED) is 0.741. The summed E-state index contributed by atoms with van der Waals surface area (Å²) in [6.45, 7) is 0. The summed E-state index contributed by atoms with van der Waals surface area (Å²) >= 11 is 0. The summed E-state index contributed by atoms with van der Waals surface area (Å²) in [5.74, 6) is 0. The molecule has 0 amide bonds. The standard InChI is InChI=1S/C12H10F3NO/c1-16-7-8(4-5-17)10-6-9(12(13,14)15)2-3-11(10)16/h2-3,5-7H,4H2,1H3. The molecule has 0 spiro atoms. The van der Waals surface area contributed by atoms with Crippen LogP contribution < -0.4 is 0 Å². The minimum Gasteiger partial charge on any atom is -0.350 e. The summed E-state index contributed by atoms with van der Waals surface area (Å²) in [5.41, 5.74) is 0.613. The Morgan fingerprint density at radius 3 is 2.65 bits per heavy atom. The van der Waals surface area contributed by atoms with Gasteiger partial charge in [-0.15, -0.1) is 0 Å². The van der Waals surface area contributed by atoms with Crippen molar-refractivity contribution in [2.24, 2.45) is 7.05 Å². The Morgan fingerprint density at radius 1 is 1.35 bits per heavy atom. The minimum atomic E-state index is -4.36. The molecule has 1 aromatic heterocycles. The average molecular weight is 241 g/mol. The lowest BCUT2D eigenvalue weighted by atomic mass is 10.1. The fourth-order valence-electron chi connectivity index (χ4n) is 1.90. The number of alkyl halides is 3. The maximum Gasteiger partial charge on any atom is 0.416 e. The SMILES string of the molecule is Cn1cc(CC=O)c2cc(C(F)(F)F)ccc21. The fourth-order valence-corrected chi connectivity index (χ4v) is 1.90. The van der Waals surface area contributed by atoms with Crippen molar-refractivity contribution in [3.63, 3.8) is 0 Å².